The van der Waals surface area contributed by atoms with Crippen molar-refractivity contribution in [2.45, 2.75) is 95.9 Å². The first kappa shape index (κ1) is 69.8. The minimum Gasteiger partial charge on any atom is -0.508 e. The third-order valence-corrected chi connectivity index (χ3v) is 14.9. The molecule has 7 aromatic carbocycles. The number of phenolic OH excluding ortho intramolecular Hbond substituents is 8. The van der Waals surface area contributed by atoms with Gasteiger partial charge in [0.2, 0.25) is 0 Å². The van der Waals surface area contributed by atoms with Crippen molar-refractivity contribution in [3.8, 4) is 46.0 Å². The lowest BCUT2D eigenvalue weighted by atomic mass is 10.1. The zero-order valence-corrected chi connectivity index (χ0v) is 54.0. The Bertz CT molecular complexity index is 3840. The molecule has 16 heteroatoms. The Kier molecular flexibility index (Phi) is 25.7. The van der Waals surface area contributed by atoms with Crippen LogP contribution >= 0.6 is 0 Å². The number of aromatic hydroxyl groups is 8. The molecule has 0 saturated heterocycles. The monoisotopic (exact) mass is 1230 g/mol. The molecule has 13 aromatic rings. The minimum atomic E-state index is -0.400. The predicted molar refractivity (Wildman–Crippen MR) is 368 cm³/mol. The van der Waals surface area contributed by atoms with Crippen LogP contribution in [0.2, 0.25) is 0 Å². The molecule has 0 radical (unpaired) electrons. The number of rotatable bonds is 3. The molecule has 0 saturated carbocycles. The first-order chi connectivity index (χ1) is 43.9. The predicted octanol–water partition coefficient (Wildman–Crippen LogP) is 16.4. The van der Waals surface area contributed by atoms with E-state index in [-0.39, 0.29) is 34.1 Å². The van der Waals surface area contributed by atoms with Crippen molar-refractivity contribution in [3.63, 3.8) is 0 Å². The van der Waals surface area contributed by atoms with E-state index in [1.165, 1.54) is 70.8 Å². The average Bonchev–Trinajstić information content (AvgIpc) is 0.923. The Morgan fingerprint density at radius 1 is 0.239 bits per heavy atom. The van der Waals surface area contributed by atoms with Gasteiger partial charge >= 0.3 is 0 Å². The van der Waals surface area contributed by atoms with Crippen LogP contribution in [0.15, 0.2) is 195 Å². The molecular weight excluding hydrogens is 1150 g/mol. The van der Waals surface area contributed by atoms with Crippen LogP contribution in [0.3, 0.4) is 0 Å². The van der Waals surface area contributed by atoms with Crippen LogP contribution in [0.1, 0.15) is 78.9 Å². The van der Waals surface area contributed by atoms with Gasteiger partial charge in [0.25, 0.3) is 0 Å². The molecule has 6 aromatic heterocycles. The molecule has 16 nitrogen and oxygen atoms in total. The number of hydrogen-bond donors (Lipinski definition) is 8. The topological polar surface area (TPSA) is 265 Å². The summed E-state index contributed by atoms with van der Waals surface area (Å²) in [5.74, 6) is -1.06. The lowest BCUT2D eigenvalue weighted by Gasteiger charge is -2.09. The van der Waals surface area contributed by atoms with Crippen molar-refractivity contribution in [2.75, 3.05) is 0 Å². The second kappa shape index (κ2) is 33.9. The van der Waals surface area contributed by atoms with Crippen LogP contribution in [0.5, 0.6) is 46.0 Å². The number of pyridine rings is 4. The van der Waals surface area contributed by atoms with Gasteiger partial charge in [-0.15, -0.1) is 0 Å². The van der Waals surface area contributed by atoms with Crippen molar-refractivity contribution in [3.05, 3.63) is 274 Å². The van der Waals surface area contributed by atoms with E-state index in [0.717, 1.165) is 80.5 Å². The van der Waals surface area contributed by atoms with Gasteiger partial charge in [0, 0.05) is 68.6 Å². The van der Waals surface area contributed by atoms with Gasteiger partial charge in [0.05, 0.1) is 67.6 Å². The Balaban J connectivity index is 0.000000168. The summed E-state index contributed by atoms with van der Waals surface area (Å²) in [6.07, 6.45) is 9.46. The van der Waals surface area contributed by atoms with E-state index in [1.54, 1.807) is 26.0 Å². The molecule has 0 bridgehead atoms. The number of hydrogen-bond acceptors (Lipinski definition) is 16. The molecule has 6 heterocycles. The first-order valence-electron chi connectivity index (χ1n) is 29.7. The van der Waals surface area contributed by atoms with Crippen molar-refractivity contribution < 1.29 is 40.9 Å². The smallest absolute Gasteiger partial charge is 0.164 e. The summed E-state index contributed by atoms with van der Waals surface area (Å²) in [6, 6.07) is 54.7. The van der Waals surface area contributed by atoms with Gasteiger partial charge in [-0.3, -0.25) is 29.9 Å². The molecule has 0 amide bonds. The fraction of sp³-hybridized carbons (Fsp3) is 0.184. The van der Waals surface area contributed by atoms with Gasteiger partial charge in [-0.05, 0) is 192 Å². The number of aromatic nitrogens is 8. The highest BCUT2D eigenvalue weighted by molar-refractivity contribution is 5.93. The molecule has 92 heavy (non-hydrogen) atoms. The van der Waals surface area contributed by atoms with Crippen molar-refractivity contribution in [1.82, 2.24) is 39.9 Å². The summed E-state index contributed by atoms with van der Waals surface area (Å²) in [4.78, 5) is 34.4. The summed E-state index contributed by atoms with van der Waals surface area (Å²) < 4.78 is 0. The standard InChI is InChI=1S/2C13H9N.C12H12N2.2C8H12N2.C8H10O4.2C7H8O2/c2*1-3-7-12-10(5-1)9-11-6-2-4-8-13(11)14-12;1(11-3-7-13-8-4-11)2-12-5-9-14-10-6-12;2*1-5-6(2)10-8(4)7(3)9-5;1-3-5(9)7(11)4(2)8(12)6(3)10;2*1-5-6(8)3-2-4-7(5)9/h2*1-9H;3-10H,1-2H2;2*1-4H3;9-12H,1-2H3;2*2-4,8-9H,1H3. The van der Waals surface area contributed by atoms with Crippen LogP contribution in [0, 0.1) is 83.1 Å². The van der Waals surface area contributed by atoms with E-state index < -0.39 is 23.0 Å². The van der Waals surface area contributed by atoms with Crippen molar-refractivity contribution in [2.24, 2.45) is 0 Å². The Morgan fingerprint density at radius 2 is 0.457 bits per heavy atom. The number of aryl methyl sites for hydroxylation is 10. The number of fused-ring (bicyclic) bond motifs is 4. The second-order valence-electron chi connectivity index (χ2n) is 21.6. The third kappa shape index (κ3) is 20.1. The van der Waals surface area contributed by atoms with Gasteiger partial charge in [-0.25, -0.2) is 9.97 Å². The van der Waals surface area contributed by atoms with E-state index in [9.17, 15) is 20.4 Å². The quantitative estimate of drug-likeness (QED) is 0.0464. The fourth-order valence-electron chi connectivity index (χ4n) is 8.64. The van der Waals surface area contributed by atoms with Gasteiger partial charge in [-0.2, -0.15) is 0 Å². The summed E-state index contributed by atoms with van der Waals surface area (Å²) >= 11 is 0. The van der Waals surface area contributed by atoms with Gasteiger partial charge < -0.3 is 40.9 Å². The highest BCUT2D eigenvalue weighted by Gasteiger charge is 2.17. The molecular formula is C76H80N8O8. The van der Waals surface area contributed by atoms with Crippen LogP contribution in [-0.4, -0.2) is 80.7 Å². The van der Waals surface area contributed by atoms with E-state index in [4.69, 9.17) is 20.4 Å². The lowest BCUT2D eigenvalue weighted by Crippen LogP contribution is -1.97. The van der Waals surface area contributed by atoms with E-state index in [2.05, 4.69) is 101 Å². The Labute approximate surface area is 537 Å². The number of benzene rings is 7. The minimum absolute atomic E-state index is 0.0654. The van der Waals surface area contributed by atoms with E-state index >= 15 is 0 Å². The molecule has 0 aliphatic rings. The SMILES string of the molecule is Cc1c(O)c(O)c(C)c(O)c1O.Cc1c(O)cccc1O.Cc1c(O)cccc1O.Cc1nc(C)c(C)nc1C.Cc1nc(C)c(C)nc1C.c1cc(CCc2ccncc2)ccn1.c1ccc2nc3ccccc3cc2c1.c1ccc2nc3ccccc3cc2c1. The van der Waals surface area contributed by atoms with Gasteiger partial charge in [0.1, 0.15) is 23.0 Å². The molecule has 8 N–H and O–H groups in total. The zero-order chi connectivity index (χ0) is 67.0. The summed E-state index contributed by atoms with van der Waals surface area (Å²) in [7, 11) is 0. The highest BCUT2D eigenvalue weighted by Crippen LogP contribution is 2.45. The van der Waals surface area contributed by atoms with Crippen LogP contribution < -0.4 is 0 Å². The lowest BCUT2D eigenvalue weighted by molar-refractivity contribution is 0.364. The average molecular weight is 1230 g/mol. The first-order valence-corrected chi connectivity index (χ1v) is 29.7. The normalized spacial score (nSPS) is 10.2. The number of nitrogens with zero attached hydrogens (tertiary/aromatic N) is 8. The third-order valence-electron chi connectivity index (χ3n) is 14.9. The van der Waals surface area contributed by atoms with Crippen LogP contribution in [0.25, 0.3) is 43.6 Å². The van der Waals surface area contributed by atoms with Gasteiger partial charge in [-0.1, -0.05) is 84.9 Å². The maximum absolute atomic E-state index is 9.17. The maximum atomic E-state index is 9.17. The largest absolute Gasteiger partial charge is 0.508 e. The van der Waals surface area contributed by atoms with Crippen molar-refractivity contribution in [1.29, 1.82) is 0 Å². The summed E-state index contributed by atoms with van der Waals surface area (Å²) in [6.45, 7) is 21.9. The Morgan fingerprint density at radius 3 is 0.674 bits per heavy atom. The zero-order valence-electron chi connectivity index (χ0n) is 54.0. The molecule has 472 valence electrons. The molecule has 0 spiro atoms. The van der Waals surface area contributed by atoms with Crippen LogP contribution in [0.4, 0.5) is 0 Å². The van der Waals surface area contributed by atoms with Crippen molar-refractivity contribution >= 4 is 43.6 Å². The molecule has 0 aliphatic heterocycles. The molecule has 0 unspecified atom stereocenters. The summed E-state index contributed by atoms with van der Waals surface area (Å²) in [5.41, 5.74) is 16.3. The number of para-hydroxylation sites is 4. The van der Waals surface area contributed by atoms with Crippen LogP contribution in [-0.2, 0) is 12.8 Å². The summed E-state index contributed by atoms with van der Waals surface area (Å²) in [5, 5.41) is 77.2. The fourth-order valence-corrected chi connectivity index (χ4v) is 8.64. The number of phenols is 8. The molecule has 0 aliphatic carbocycles. The maximum Gasteiger partial charge on any atom is 0.164 e. The Hall–Kier alpha value is -11.3. The second-order valence-corrected chi connectivity index (χ2v) is 21.6. The van der Waals surface area contributed by atoms with E-state index in [1.807, 2.05) is 153 Å². The molecule has 0 atom stereocenters. The molecule has 0 fully saturated rings. The molecule has 13 rings (SSSR count). The van der Waals surface area contributed by atoms with Gasteiger partial charge in [0.15, 0.2) is 23.0 Å². The highest BCUT2D eigenvalue weighted by atomic mass is 16.3. The van der Waals surface area contributed by atoms with E-state index in [0.29, 0.717) is 11.1 Å².